The van der Waals surface area contributed by atoms with Gasteiger partial charge in [-0.2, -0.15) is 0 Å². The molecule has 0 saturated heterocycles. The number of methoxy groups -OCH3 is 1. The first-order chi connectivity index (χ1) is 9.88. The zero-order valence-corrected chi connectivity index (χ0v) is 12.5. The van der Waals surface area contributed by atoms with Crippen LogP contribution in [0.5, 0.6) is 11.5 Å². The molecule has 0 aliphatic heterocycles. The number of urea groups is 1. The Morgan fingerprint density at radius 1 is 1.24 bits per heavy atom. The summed E-state index contributed by atoms with van der Waals surface area (Å²) in [5.41, 5.74) is 0.668. The number of carbonyl (C=O) groups is 2. The van der Waals surface area contributed by atoms with Crippen molar-refractivity contribution in [3.05, 3.63) is 23.8 Å². The summed E-state index contributed by atoms with van der Waals surface area (Å²) in [6, 6.07) is 4.30. The van der Waals surface area contributed by atoms with Gasteiger partial charge in [-0.3, -0.25) is 10.1 Å². The van der Waals surface area contributed by atoms with Crippen LogP contribution in [0.15, 0.2) is 18.2 Å². The number of hydrogen-bond donors (Lipinski definition) is 3. The van der Waals surface area contributed by atoms with Crippen molar-refractivity contribution in [3.8, 4) is 11.5 Å². The molecule has 3 N–H and O–H groups in total. The van der Waals surface area contributed by atoms with E-state index in [0.717, 1.165) is 0 Å². The van der Waals surface area contributed by atoms with E-state index in [-0.39, 0.29) is 0 Å². The van der Waals surface area contributed by atoms with Gasteiger partial charge in [0.25, 0.3) is 5.91 Å². The van der Waals surface area contributed by atoms with E-state index >= 15 is 0 Å². The van der Waals surface area contributed by atoms with Crippen molar-refractivity contribution in [3.63, 3.8) is 0 Å². The Morgan fingerprint density at radius 3 is 2.43 bits per heavy atom. The molecule has 0 bridgehead atoms. The lowest BCUT2D eigenvalue weighted by Gasteiger charge is -2.17. The van der Waals surface area contributed by atoms with Crippen molar-refractivity contribution >= 4 is 11.9 Å². The third kappa shape index (κ3) is 4.64. The Morgan fingerprint density at radius 2 is 1.90 bits per heavy atom. The Hall–Kier alpha value is -2.28. The van der Waals surface area contributed by atoms with E-state index in [4.69, 9.17) is 9.47 Å². The third-order valence-electron chi connectivity index (χ3n) is 2.81. The summed E-state index contributed by atoms with van der Waals surface area (Å²) in [4.78, 5) is 22.8. The number of amides is 3. The maximum atomic E-state index is 11.7. The highest BCUT2D eigenvalue weighted by atomic mass is 16.5. The molecule has 2 atom stereocenters. The maximum Gasteiger partial charge on any atom is 0.321 e. The molecule has 0 aromatic heterocycles. The van der Waals surface area contributed by atoms with Gasteiger partial charge in [0.05, 0.1) is 13.2 Å². The molecule has 7 heteroatoms. The number of benzene rings is 1. The maximum absolute atomic E-state index is 11.7. The number of nitrogens with one attached hydrogen (secondary N) is 2. The topological polar surface area (TPSA) is 96.9 Å². The van der Waals surface area contributed by atoms with E-state index in [1.165, 1.54) is 21.1 Å². The summed E-state index contributed by atoms with van der Waals surface area (Å²) in [7, 11) is 2.87. The van der Waals surface area contributed by atoms with E-state index in [0.29, 0.717) is 17.1 Å². The van der Waals surface area contributed by atoms with E-state index in [1.807, 2.05) is 0 Å². The minimum absolute atomic E-state index is 0.349. The van der Waals surface area contributed by atoms with E-state index < -0.39 is 24.1 Å². The first kappa shape index (κ1) is 16.8. The molecule has 0 saturated carbocycles. The molecule has 0 aliphatic rings. The summed E-state index contributed by atoms with van der Waals surface area (Å²) >= 11 is 0. The Bertz CT molecular complexity index is 516. The van der Waals surface area contributed by atoms with Crippen molar-refractivity contribution in [2.75, 3.05) is 14.2 Å². The van der Waals surface area contributed by atoms with Gasteiger partial charge in [-0.25, -0.2) is 4.79 Å². The summed E-state index contributed by atoms with van der Waals surface area (Å²) < 4.78 is 10.7. The molecule has 1 aromatic carbocycles. The summed E-state index contributed by atoms with van der Waals surface area (Å²) in [6.07, 6.45) is -1.52. The highest BCUT2D eigenvalue weighted by Crippen LogP contribution is 2.30. The van der Waals surface area contributed by atoms with Crippen LogP contribution in [0.1, 0.15) is 25.5 Å². The van der Waals surface area contributed by atoms with E-state index in [9.17, 15) is 14.7 Å². The molecular weight excluding hydrogens is 276 g/mol. The molecule has 21 heavy (non-hydrogen) atoms. The standard InChI is InChI=1S/C14H20N2O5/c1-8(17)10-5-6-11(12(7-10)20-4)21-9(2)13(18)16-14(19)15-3/h5-9,17H,1-4H3,(H2,15,16,18,19). The van der Waals surface area contributed by atoms with Gasteiger partial charge in [0.15, 0.2) is 17.6 Å². The fraction of sp³-hybridized carbons (Fsp3) is 0.429. The second-order valence-corrected chi connectivity index (χ2v) is 4.41. The van der Waals surface area contributed by atoms with Gasteiger partial charge in [0.2, 0.25) is 0 Å². The molecule has 2 unspecified atom stereocenters. The molecule has 1 aromatic rings. The molecule has 7 nitrogen and oxygen atoms in total. The first-order valence-electron chi connectivity index (χ1n) is 6.44. The van der Waals surface area contributed by atoms with Crippen LogP contribution >= 0.6 is 0 Å². The van der Waals surface area contributed by atoms with Crippen molar-refractivity contribution in [2.24, 2.45) is 0 Å². The van der Waals surface area contributed by atoms with E-state index in [2.05, 4.69) is 10.6 Å². The van der Waals surface area contributed by atoms with Crippen molar-refractivity contribution in [1.29, 1.82) is 0 Å². The second kappa shape index (κ2) is 7.49. The van der Waals surface area contributed by atoms with Crippen LogP contribution in [-0.2, 0) is 4.79 Å². The van der Waals surface area contributed by atoms with Crippen LogP contribution in [0.2, 0.25) is 0 Å². The van der Waals surface area contributed by atoms with Gasteiger partial charge in [0.1, 0.15) is 0 Å². The summed E-state index contributed by atoms with van der Waals surface area (Å²) in [5, 5.41) is 13.9. The largest absolute Gasteiger partial charge is 0.493 e. The number of aliphatic hydroxyl groups is 1. The zero-order chi connectivity index (χ0) is 16.0. The number of ether oxygens (including phenoxy) is 2. The summed E-state index contributed by atoms with van der Waals surface area (Å²) in [5.74, 6) is 0.172. The number of hydrogen-bond acceptors (Lipinski definition) is 5. The van der Waals surface area contributed by atoms with Crippen LogP contribution in [0.4, 0.5) is 4.79 Å². The SMILES string of the molecule is CNC(=O)NC(=O)C(C)Oc1ccc(C(C)O)cc1OC. The van der Waals surface area contributed by atoms with Gasteiger partial charge in [-0.15, -0.1) is 0 Å². The Kier molecular flexibility index (Phi) is 5.98. The minimum atomic E-state index is -0.881. The minimum Gasteiger partial charge on any atom is -0.493 e. The molecule has 0 heterocycles. The average Bonchev–Trinajstić information content (AvgIpc) is 2.46. The predicted octanol–water partition coefficient (Wildman–Crippen LogP) is 0.971. The van der Waals surface area contributed by atoms with E-state index in [1.54, 1.807) is 25.1 Å². The van der Waals surface area contributed by atoms with Crippen LogP contribution in [0, 0.1) is 0 Å². The highest BCUT2D eigenvalue weighted by molar-refractivity contribution is 5.96. The second-order valence-electron chi connectivity index (χ2n) is 4.41. The number of aliphatic hydroxyl groups excluding tert-OH is 1. The lowest BCUT2D eigenvalue weighted by atomic mass is 10.1. The lowest BCUT2D eigenvalue weighted by Crippen LogP contribution is -2.44. The normalized spacial score (nSPS) is 13.0. The van der Waals surface area contributed by atoms with Crippen molar-refractivity contribution < 1.29 is 24.2 Å². The monoisotopic (exact) mass is 296 g/mol. The van der Waals surface area contributed by atoms with Gasteiger partial charge in [-0.1, -0.05) is 6.07 Å². The van der Waals surface area contributed by atoms with Crippen LogP contribution in [0.25, 0.3) is 0 Å². The quantitative estimate of drug-likeness (QED) is 0.752. The van der Waals surface area contributed by atoms with Crippen LogP contribution < -0.4 is 20.1 Å². The summed E-state index contributed by atoms with van der Waals surface area (Å²) in [6.45, 7) is 3.15. The molecule has 3 amide bonds. The fourth-order valence-electron chi connectivity index (χ4n) is 1.56. The van der Waals surface area contributed by atoms with Gasteiger partial charge >= 0.3 is 6.03 Å². The van der Waals surface area contributed by atoms with Gasteiger partial charge in [0, 0.05) is 7.05 Å². The fourth-order valence-corrected chi connectivity index (χ4v) is 1.56. The highest BCUT2D eigenvalue weighted by Gasteiger charge is 2.19. The zero-order valence-electron chi connectivity index (χ0n) is 12.5. The molecule has 0 aliphatic carbocycles. The lowest BCUT2D eigenvalue weighted by molar-refractivity contribution is -0.126. The Labute approximate surface area is 123 Å². The molecule has 116 valence electrons. The number of rotatable bonds is 5. The van der Waals surface area contributed by atoms with Crippen molar-refractivity contribution in [2.45, 2.75) is 26.1 Å². The molecule has 1 rings (SSSR count). The van der Waals surface area contributed by atoms with Crippen LogP contribution in [-0.4, -0.2) is 37.3 Å². The predicted molar refractivity (Wildman–Crippen MR) is 76.3 cm³/mol. The Balaban J connectivity index is 2.82. The third-order valence-corrected chi connectivity index (χ3v) is 2.81. The molecular formula is C14H20N2O5. The first-order valence-corrected chi connectivity index (χ1v) is 6.44. The van der Waals surface area contributed by atoms with Gasteiger partial charge in [-0.05, 0) is 31.5 Å². The van der Waals surface area contributed by atoms with Gasteiger partial charge < -0.3 is 19.9 Å². The number of carbonyl (C=O) groups excluding carboxylic acids is 2. The average molecular weight is 296 g/mol. The molecule has 0 fully saturated rings. The van der Waals surface area contributed by atoms with Crippen molar-refractivity contribution in [1.82, 2.24) is 10.6 Å². The van der Waals surface area contributed by atoms with Crippen LogP contribution in [0.3, 0.4) is 0 Å². The smallest absolute Gasteiger partial charge is 0.321 e. The molecule has 0 radical (unpaired) electrons. The molecule has 0 spiro atoms. The number of imide groups is 1.